The zero-order valence-electron chi connectivity index (χ0n) is 14.3. The normalized spacial score (nSPS) is 13.8. The van der Waals surface area contributed by atoms with Crippen LogP contribution >= 0.6 is 0 Å². The van der Waals surface area contributed by atoms with E-state index in [1.54, 1.807) is 32.0 Å². The Hall–Kier alpha value is -2.50. The Morgan fingerprint density at radius 3 is 2.29 bits per heavy atom. The lowest BCUT2D eigenvalue weighted by Crippen LogP contribution is -2.23. The molecule has 0 radical (unpaired) electrons. The van der Waals surface area contributed by atoms with Crippen molar-refractivity contribution >= 4 is 0 Å². The van der Waals surface area contributed by atoms with E-state index in [9.17, 15) is 4.79 Å². The molecule has 2 heterocycles. The van der Waals surface area contributed by atoms with Crippen LogP contribution in [-0.2, 0) is 13.0 Å². The largest absolute Gasteiger partial charge is 0.493 e. The molecule has 0 amide bonds. The van der Waals surface area contributed by atoms with Gasteiger partial charge in [0.2, 0.25) is 5.75 Å². The molecule has 2 aromatic rings. The molecule has 3 rings (SSSR count). The van der Waals surface area contributed by atoms with Crippen molar-refractivity contribution in [1.82, 2.24) is 9.55 Å². The fourth-order valence-electron chi connectivity index (χ4n) is 3.09. The Kier molecular flexibility index (Phi) is 4.74. The molecule has 0 saturated heterocycles. The predicted octanol–water partition coefficient (Wildman–Crippen LogP) is 2.66. The first kappa shape index (κ1) is 16.4. The van der Waals surface area contributed by atoms with Crippen molar-refractivity contribution in [3.8, 4) is 28.5 Å². The molecule has 1 aliphatic heterocycles. The number of rotatable bonds is 4. The maximum Gasteiger partial charge on any atom is 0.254 e. The average Bonchev–Trinajstić information content (AvgIpc) is 2.86. The van der Waals surface area contributed by atoms with E-state index >= 15 is 0 Å². The second kappa shape index (κ2) is 6.95. The molecule has 0 fully saturated rings. The van der Waals surface area contributed by atoms with Gasteiger partial charge in [0.05, 0.1) is 27.0 Å². The van der Waals surface area contributed by atoms with Gasteiger partial charge in [-0.05, 0) is 25.0 Å². The molecule has 6 heteroatoms. The van der Waals surface area contributed by atoms with Crippen LogP contribution in [0.5, 0.6) is 17.2 Å². The van der Waals surface area contributed by atoms with Gasteiger partial charge in [0.1, 0.15) is 5.82 Å². The quantitative estimate of drug-likeness (QED) is 0.862. The third-order valence-electron chi connectivity index (χ3n) is 4.33. The van der Waals surface area contributed by atoms with E-state index in [0.717, 1.165) is 43.6 Å². The van der Waals surface area contributed by atoms with Crippen molar-refractivity contribution < 1.29 is 14.2 Å². The van der Waals surface area contributed by atoms with Crippen molar-refractivity contribution in [2.24, 2.45) is 0 Å². The summed E-state index contributed by atoms with van der Waals surface area (Å²) in [5.41, 5.74) is 1.40. The smallest absolute Gasteiger partial charge is 0.254 e. The molecule has 0 aliphatic carbocycles. The van der Waals surface area contributed by atoms with Gasteiger partial charge in [-0.1, -0.05) is 6.42 Å². The molecule has 0 saturated carbocycles. The summed E-state index contributed by atoms with van der Waals surface area (Å²) in [6.45, 7) is 0.747. The van der Waals surface area contributed by atoms with Crippen molar-refractivity contribution in [2.75, 3.05) is 21.3 Å². The van der Waals surface area contributed by atoms with Crippen LogP contribution in [0, 0.1) is 0 Å². The van der Waals surface area contributed by atoms with E-state index in [1.807, 2.05) is 12.1 Å². The van der Waals surface area contributed by atoms with Gasteiger partial charge in [0, 0.05) is 24.6 Å². The Balaban J connectivity index is 2.14. The summed E-state index contributed by atoms with van der Waals surface area (Å²) in [6.07, 6.45) is 4.04. The highest BCUT2D eigenvalue weighted by Gasteiger charge is 2.17. The lowest BCUT2D eigenvalue weighted by atomic mass is 10.1. The van der Waals surface area contributed by atoms with E-state index in [1.165, 1.54) is 0 Å². The first-order chi connectivity index (χ1) is 11.7. The van der Waals surface area contributed by atoms with Gasteiger partial charge < -0.3 is 14.2 Å². The van der Waals surface area contributed by atoms with Gasteiger partial charge >= 0.3 is 0 Å². The molecular weight excluding hydrogens is 308 g/mol. The Morgan fingerprint density at radius 2 is 1.67 bits per heavy atom. The Morgan fingerprint density at radius 1 is 0.958 bits per heavy atom. The number of fused-ring (bicyclic) bond motifs is 1. The number of aromatic nitrogens is 2. The Bertz CT molecular complexity index is 773. The fraction of sp³-hybridized carbons (Fsp3) is 0.444. The molecule has 0 bridgehead atoms. The molecule has 1 aromatic carbocycles. The molecule has 1 aliphatic rings. The number of aryl methyl sites for hydroxylation is 1. The van der Waals surface area contributed by atoms with Gasteiger partial charge in [0.25, 0.3) is 5.56 Å². The third kappa shape index (κ3) is 2.96. The van der Waals surface area contributed by atoms with Crippen LogP contribution in [0.4, 0.5) is 0 Å². The zero-order chi connectivity index (χ0) is 17.1. The van der Waals surface area contributed by atoms with Gasteiger partial charge in [-0.2, -0.15) is 0 Å². The monoisotopic (exact) mass is 330 g/mol. The SMILES string of the molecule is COc1cc(-c2cc(=O)n3c(n2)CCCCC3)cc(OC)c1OC. The second-order valence-corrected chi connectivity index (χ2v) is 5.77. The van der Waals surface area contributed by atoms with E-state index in [4.69, 9.17) is 19.2 Å². The van der Waals surface area contributed by atoms with E-state index in [2.05, 4.69) is 0 Å². The van der Waals surface area contributed by atoms with Crippen LogP contribution in [0.2, 0.25) is 0 Å². The van der Waals surface area contributed by atoms with Crippen LogP contribution in [0.25, 0.3) is 11.3 Å². The fourth-order valence-corrected chi connectivity index (χ4v) is 3.09. The molecule has 0 N–H and O–H groups in total. The minimum Gasteiger partial charge on any atom is -0.493 e. The summed E-state index contributed by atoms with van der Waals surface area (Å²) in [5, 5.41) is 0. The lowest BCUT2D eigenvalue weighted by molar-refractivity contribution is 0.324. The molecule has 1 aromatic heterocycles. The number of ether oxygens (including phenoxy) is 3. The zero-order valence-corrected chi connectivity index (χ0v) is 14.3. The summed E-state index contributed by atoms with van der Waals surface area (Å²) >= 11 is 0. The standard InChI is InChI=1S/C18H22N2O4/c1-22-14-9-12(10-15(23-2)18(14)24-3)13-11-17(21)20-8-6-4-5-7-16(20)19-13/h9-11H,4-8H2,1-3H3. The van der Waals surface area contributed by atoms with Crippen LogP contribution in [0.1, 0.15) is 25.1 Å². The van der Waals surface area contributed by atoms with Gasteiger partial charge in [-0.25, -0.2) is 4.98 Å². The number of nitrogens with zero attached hydrogens (tertiary/aromatic N) is 2. The van der Waals surface area contributed by atoms with Gasteiger partial charge in [0.15, 0.2) is 11.5 Å². The second-order valence-electron chi connectivity index (χ2n) is 5.77. The van der Waals surface area contributed by atoms with Crippen molar-refractivity contribution in [2.45, 2.75) is 32.2 Å². The van der Waals surface area contributed by atoms with Crippen LogP contribution in [-0.4, -0.2) is 30.9 Å². The summed E-state index contributed by atoms with van der Waals surface area (Å²) < 4.78 is 17.9. The molecule has 24 heavy (non-hydrogen) atoms. The van der Waals surface area contributed by atoms with Gasteiger partial charge in [-0.3, -0.25) is 9.36 Å². The summed E-state index contributed by atoms with van der Waals surface area (Å²) in [6, 6.07) is 5.21. The van der Waals surface area contributed by atoms with Crippen molar-refractivity contribution in [3.05, 3.63) is 34.4 Å². The topological polar surface area (TPSA) is 62.6 Å². The summed E-state index contributed by atoms with van der Waals surface area (Å²) in [4.78, 5) is 17.2. The maximum atomic E-state index is 12.5. The van der Waals surface area contributed by atoms with Crippen molar-refractivity contribution in [1.29, 1.82) is 0 Å². The van der Waals surface area contributed by atoms with E-state index in [0.29, 0.717) is 22.9 Å². The predicted molar refractivity (Wildman–Crippen MR) is 91.1 cm³/mol. The third-order valence-corrected chi connectivity index (χ3v) is 4.33. The highest BCUT2D eigenvalue weighted by atomic mass is 16.5. The minimum atomic E-state index is -0.00866. The van der Waals surface area contributed by atoms with E-state index in [-0.39, 0.29) is 5.56 Å². The van der Waals surface area contributed by atoms with Crippen LogP contribution in [0.3, 0.4) is 0 Å². The molecule has 0 atom stereocenters. The highest BCUT2D eigenvalue weighted by molar-refractivity contribution is 5.68. The molecule has 0 unspecified atom stereocenters. The number of benzene rings is 1. The average molecular weight is 330 g/mol. The molecule has 6 nitrogen and oxygen atoms in total. The maximum absolute atomic E-state index is 12.5. The summed E-state index contributed by atoms with van der Waals surface area (Å²) in [5.74, 6) is 2.46. The first-order valence-electron chi connectivity index (χ1n) is 8.09. The highest BCUT2D eigenvalue weighted by Crippen LogP contribution is 2.40. The molecular formula is C18H22N2O4. The van der Waals surface area contributed by atoms with Gasteiger partial charge in [-0.15, -0.1) is 0 Å². The summed E-state index contributed by atoms with van der Waals surface area (Å²) in [7, 11) is 4.70. The first-order valence-corrected chi connectivity index (χ1v) is 8.09. The number of methoxy groups -OCH3 is 3. The lowest BCUT2D eigenvalue weighted by Gasteiger charge is -2.15. The number of hydrogen-bond donors (Lipinski definition) is 0. The number of hydrogen-bond acceptors (Lipinski definition) is 5. The minimum absolute atomic E-state index is 0.00866. The van der Waals surface area contributed by atoms with Crippen molar-refractivity contribution in [3.63, 3.8) is 0 Å². The van der Waals surface area contributed by atoms with Crippen LogP contribution in [0.15, 0.2) is 23.0 Å². The molecule has 0 spiro atoms. The van der Waals surface area contributed by atoms with E-state index < -0.39 is 0 Å². The van der Waals surface area contributed by atoms with Crippen LogP contribution < -0.4 is 19.8 Å². The molecule has 128 valence electrons. The Labute approximate surface area is 141 Å².